The lowest BCUT2D eigenvalue weighted by molar-refractivity contribution is -0.910. The molecule has 0 saturated heterocycles. The van der Waals surface area contributed by atoms with Crippen molar-refractivity contribution < 1.29 is 54.8 Å². The van der Waals surface area contributed by atoms with Crippen LogP contribution in [0, 0.1) is 0 Å². The summed E-state index contributed by atoms with van der Waals surface area (Å²) < 4.78 is 32.4. The fraction of sp³-hybridized carbons (Fsp3) is 0.808. The van der Waals surface area contributed by atoms with Gasteiger partial charge in [-0.1, -0.05) is 159 Å². The van der Waals surface area contributed by atoms with Gasteiger partial charge in [0.2, 0.25) is 0 Å². The summed E-state index contributed by atoms with van der Waals surface area (Å²) in [5.41, 5.74) is 0. The van der Waals surface area contributed by atoms with Crippen LogP contribution in [-0.2, 0) is 10.1 Å². The fourth-order valence-electron chi connectivity index (χ4n) is 7.71. The van der Waals surface area contributed by atoms with Crippen LogP contribution in [0.3, 0.4) is 0 Å². The van der Waals surface area contributed by atoms with Crippen LogP contribution in [0.25, 0.3) is 0 Å². The van der Waals surface area contributed by atoms with Crippen LogP contribution in [0.5, 0.6) is 0 Å². The Morgan fingerprint density at radius 2 is 0.683 bits per heavy atom. The van der Waals surface area contributed by atoms with Gasteiger partial charge in [-0.3, -0.25) is 0 Å². The van der Waals surface area contributed by atoms with Crippen LogP contribution in [0.2, 0.25) is 0 Å². The number of quaternary nitrogens is 2. The molecule has 0 atom stereocenters. The molecule has 63 heavy (non-hydrogen) atoms. The second-order valence-corrected chi connectivity index (χ2v) is 19.5. The zero-order valence-electron chi connectivity index (χ0n) is 41.3. The number of aliphatic hydroxyl groups excluding tert-OH is 4. The minimum atomic E-state index is -4.25. The molecule has 1 rings (SSSR count). The van der Waals surface area contributed by atoms with Gasteiger partial charge in [0.15, 0.2) is 0 Å². The Balaban J connectivity index is -0.000000924. The van der Waals surface area contributed by atoms with E-state index >= 15 is 0 Å². The van der Waals surface area contributed by atoms with E-state index in [9.17, 15) is 13.0 Å². The summed E-state index contributed by atoms with van der Waals surface area (Å²) in [6, 6.07) is 7.19. The summed E-state index contributed by atoms with van der Waals surface area (Å²) in [6.45, 7) is 10.6. The molecule has 0 radical (unpaired) electrons. The minimum absolute atomic E-state index is 0. The first-order valence-electron chi connectivity index (χ1n) is 25.4. The van der Waals surface area contributed by atoms with Gasteiger partial charge in [-0.25, -0.2) is 8.42 Å². The summed E-state index contributed by atoms with van der Waals surface area (Å²) in [6.07, 6.45) is 46.9. The molecule has 0 aliphatic rings. The molecule has 0 heterocycles. The van der Waals surface area contributed by atoms with E-state index in [1.165, 1.54) is 204 Å². The smallest absolute Gasteiger partial charge is 0.124 e. The van der Waals surface area contributed by atoms with Crippen molar-refractivity contribution in [2.75, 3.05) is 79.8 Å². The van der Waals surface area contributed by atoms with Crippen molar-refractivity contribution in [3.63, 3.8) is 0 Å². The predicted molar refractivity (Wildman–Crippen MR) is 263 cm³/mol. The van der Waals surface area contributed by atoms with E-state index in [2.05, 4.69) is 52.2 Å². The zero-order valence-corrected chi connectivity index (χ0v) is 42.8. The summed E-state index contributed by atoms with van der Waals surface area (Å²) in [5.74, 6) is 0. The van der Waals surface area contributed by atoms with Gasteiger partial charge in [0.05, 0.1) is 58.5 Å². The largest absolute Gasteiger partial charge is 1.00 e. The first-order valence-corrected chi connectivity index (χ1v) is 26.8. The molecule has 0 aliphatic carbocycles. The molecular formula is C52H101ClN2O7S. The molecule has 0 bridgehead atoms. The van der Waals surface area contributed by atoms with E-state index in [1.54, 1.807) is 6.07 Å². The number of aliphatic hydroxyl groups is 4. The van der Waals surface area contributed by atoms with E-state index in [0.29, 0.717) is 0 Å². The summed E-state index contributed by atoms with van der Waals surface area (Å²) in [4.78, 5) is -0.185. The average Bonchev–Trinajstić information content (AvgIpc) is 3.24. The molecule has 11 heteroatoms. The van der Waals surface area contributed by atoms with Crippen LogP contribution in [0.15, 0.2) is 59.5 Å². The number of hydrogen-bond acceptors (Lipinski definition) is 7. The molecule has 1 aromatic rings. The molecule has 1 aromatic carbocycles. The van der Waals surface area contributed by atoms with Gasteiger partial charge < -0.3 is 46.4 Å². The van der Waals surface area contributed by atoms with E-state index in [0.717, 1.165) is 48.2 Å². The Labute approximate surface area is 396 Å². The molecule has 9 nitrogen and oxygen atoms in total. The lowest BCUT2D eigenvalue weighted by atomic mass is 10.1. The topological polar surface area (TPSA) is 138 Å². The maximum atomic E-state index is 10.3. The number of halogens is 1. The van der Waals surface area contributed by atoms with Crippen LogP contribution in [0.1, 0.15) is 194 Å². The fourth-order valence-corrected chi connectivity index (χ4v) is 8.20. The number of benzene rings is 1. The van der Waals surface area contributed by atoms with Gasteiger partial charge in [0.25, 0.3) is 0 Å². The summed E-state index contributed by atoms with van der Waals surface area (Å²) in [5, 5.41) is 36.6. The number of unbranched alkanes of at least 4 members (excludes halogenated alkanes) is 24. The van der Waals surface area contributed by atoms with Crippen LogP contribution in [-0.4, -0.2) is 122 Å². The minimum Gasteiger partial charge on any atom is -1.00 e. The number of likely N-dealkylation sites (N-methyl/N-ethyl adjacent to an activating group) is 2. The van der Waals surface area contributed by atoms with Gasteiger partial charge in [-0.05, 0) is 89.2 Å². The Hall–Kier alpha value is -1.34. The van der Waals surface area contributed by atoms with Crippen molar-refractivity contribution in [2.45, 2.75) is 199 Å². The maximum Gasteiger partial charge on any atom is 0.124 e. The first-order chi connectivity index (χ1) is 30.0. The van der Waals surface area contributed by atoms with Crippen molar-refractivity contribution in [1.29, 1.82) is 0 Å². The standard InChI is InChI=1S/2C23H48NO2.C6H6O3S.ClH/c2*1-3-4-5-6-7-8-9-10-11-12-13-14-15-16-17-18-19-24(2,20-22-25)21-23-26;7-10(8,9)6-4-2-1-3-5-6;/h2*10-11,25-26H,3-9,12-23H2,1-2H3;1-5H,(H,7,8,9);1H/q2*+1;;/p-2/b2*11-10-;;. The van der Waals surface area contributed by atoms with Crippen molar-refractivity contribution >= 4 is 10.1 Å². The predicted octanol–water partition coefficient (Wildman–Crippen LogP) is 8.50. The van der Waals surface area contributed by atoms with E-state index in [1.807, 2.05) is 0 Å². The van der Waals surface area contributed by atoms with Gasteiger partial charge in [0, 0.05) is 0 Å². The Morgan fingerprint density at radius 1 is 0.429 bits per heavy atom. The Morgan fingerprint density at radius 3 is 0.921 bits per heavy atom. The number of allylic oxidation sites excluding steroid dienone is 4. The van der Waals surface area contributed by atoms with Crippen LogP contribution in [0.4, 0.5) is 0 Å². The van der Waals surface area contributed by atoms with E-state index < -0.39 is 10.1 Å². The zero-order chi connectivity index (χ0) is 46.3. The molecule has 0 aromatic heterocycles. The second-order valence-electron chi connectivity index (χ2n) is 18.1. The summed E-state index contributed by atoms with van der Waals surface area (Å²) in [7, 11) is 0.0329. The lowest BCUT2D eigenvalue weighted by Gasteiger charge is -2.33. The third kappa shape index (κ3) is 47.0. The Kier molecular flexibility index (Phi) is 50.9. The highest BCUT2D eigenvalue weighted by Crippen LogP contribution is 2.14. The van der Waals surface area contributed by atoms with Crippen molar-refractivity contribution in [3.05, 3.63) is 54.6 Å². The average molecular weight is 934 g/mol. The quantitative estimate of drug-likeness (QED) is 0.0224. The van der Waals surface area contributed by atoms with Crippen molar-refractivity contribution in [3.8, 4) is 0 Å². The number of rotatable bonds is 41. The van der Waals surface area contributed by atoms with Crippen molar-refractivity contribution in [2.24, 2.45) is 0 Å². The monoisotopic (exact) mass is 933 g/mol. The molecule has 4 N–H and O–H groups in total. The number of hydrogen-bond donors (Lipinski definition) is 4. The molecule has 0 spiro atoms. The molecule has 0 unspecified atom stereocenters. The van der Waals surface area contributed by atoms with Crippen LogP contribution < -0.4 is 12.4 Å². The molecular weight excluding hydrogens is 832 g/mol. The maximum absolute atomic E-state index is 10.3. The highest BCUT2D eigenvalue weighted by atomic mass is 35.5. The molecule has 0 fully saturated rings. The molecule has 0 saturated carbocycles. The third-order valence-electron chi connectivity index (χ3n) is 12.0. The van der Waals surface area contributed by atoms with E-state index in [-0.39, 0.29) is 43.7 Å². The lowest BCUT2D eigenvalue weighted by Crippen LogP contribution is -3.00. The Bertz CT molecular complexity index is 1150. The molecule has 374 valence electrons. The first kappa shape index (κ1) is 65.9. The highest BCUT2D eigenvalue weighted by Gasteiger charge is 2.20. The normalized spacial score (nSPS) is 12.0. The van der Waals surface area contributed by atoms with Crippen molar-refractivity contribution in [1.82, 2.24) is 0 Å². The molecule has 0 aliphatic heterocycles. The van der Waals surface area contributed by atoms with E-state index in [4.69, 9.17) is 20.4 Å². The second kappa shape index (κ2) is 48.6. The third-order valence-corrected chi connectivity index (χ3v) is 12.9. The van der Waals surface area contributed by atoms with Crippen LogP contribution >= 0.6 is 0 Å². The number of nitrogens with zero attached hydrogens (tertiary/aromatic N) is 2. The summed E-state index contributed by atoms with van der Waals surface area (Å²) >= 11 is 0. The van der Waals surface area contributed by atoms with Gasteiger partial charge in [-0.2, -0.15) is 0 Å². The van der Waals surface area contributed by atoms with Gasteiger partial charge in [-0.15, -0.1) is 0 Å². The van der Waals surface area contributed by atoms with Gasteiger partial charge >= 0.3 is 0 Å². The van der Waals surface area contributed by atoms with Gasteiger partial charge in [0.1, 0.15) is 36.3 Å². The SMILES string of the molecule is CCCCCCCC/C=C\CCCCCCCC[N+](C)(CCO)CCO.CCCCCCCC/C=C\CCCCCCCC[N+](C)(CCO)CCO.O=S(=O)([O-])c1ccccc1.[Cl-]. The highest BCUT2D eigenvalue weighted by molar-refractivity contribution is 7.85. The molecule has 0 amide bonds.